The van der Waals surface area contributed by atoms with Crippen LogP contribution in [-0.2, 0) is 0 Å². The van der Waals surface area contributed by atoms with E-state index in [-0.39, 0.29) is 6.29 Å². The molecule has 0 fully saturated rings. The molecule has 0 aliphatic carbocycles. The van der Waals surface area contributed by atoms with Crippen LogP contribution in [0.2, 0.25) is 0 Å². The van der Waals surface area contributed by atoms with Crippen LogP contribution in [0.1, 0.15) is 0 Å². The van der Waals surface area contributed by atoms with Gasteiger partial charge in [-0.3, -0.25) is 5.32 Å². The average Bonchev–Trinajstić information content (AvgIpc) is 2.56. The van der Waals surface area contributed by atoms with Crippen molar-refractivity contribution < 1.29 is 0 Å². The van der Waals surface area contributed by atoms with Gasteiger partial charge in [0.1, 0.15) is 0 Å². The molecule has 2 N–H and O–H groups in total. The van der Waals surface area contributed by atoms with Gasteiger partial charge < -0.3 is 10.2 Å². The van der Waals surface area contributed by atoms with Crippen molar-refractivity contribution in [2.45, 2.75) is 6.29 Å². The zero-order chi connectivity index (χ0) is 9.26. The number of hydrogen-bond acceptors (Lipinski definition) is 3. The molecule has 0 saturated carbocycles. The lowest BCUT2D eigenvalue weighted by molar-refractivity contribution is 0.307. The first-order valence-electron chi connectivity index (χ1n) is 4.30. The minimum Gasteiger partial charge on any atom is -0.351 e. The third-order valence-corrected chi connectivity index (χ3v) is 2.21. The third-order valence-electron chi connectivity index (χ3n) is 2.21. The molecule has 0 aromatic carbocycles. The lowest BCUT2D eigenvalue weighted by atomic mass is 10.2. The van der Waals surface area contributed by atoms with Crippen molar-refractivity contribution in [3.8, 4) is 0 Å². The zero-order valence-corrected chi connectivity index (χ0v) is 7.62. The van der Waals surface area contributed by atoms with Crippen molar-refractivity contribution in [1.29, 1.82) is 0 Å². The van der Waals surface area contributed by atoms with Crippen LogP contribution in [0.25, 0.3) is 0 Å². The van der Waals surface area contributed by atoms with Crippen molar-refractivity contribution >= 4 is 0 Å². The number of allylic oxidation sites excluding steroid dienone is 4. The predicted octanol–water partition coefficient (Wildman–Crippen LogP) is 0.876. The van der Waals surface area contributed by atoms with Crippen molar-refractivity contribution in [1.82, 2.24) is 15.5 Å². The van der Waals surface area contributed by atoms with Gasteiger partial charge in [-0.25, -0.2) is 0 Å². The van der Waals surface area contributed by atoms with Gasteiger partial charge in [-0.1, -0.05) is 12.7 Å². The monoisotopic (exact) mass is 175 g/mol. The Bertz CT molecular complexity index is 312. The summed E-state index contributed by atoms with van der Waals surface area (Å²) in [6, 6.07) is 0. The van der Waals surface area contributed by atoms with E-state index in [1.165, 1.54) is 0 Å². The molecule has 3 heteroatoms. The Balaban J connectivity index is 2.34. The summed E-state index contributed by atoms with van der Waals surface area (Å²) in [5.41, 5.74) is 2.23. The molecule has 2 rings (SSSR count). The molecule has 0 amide bonds. The van der Waals surface area contributed by atoms with Gasteiger partial charge in [0, 0.05) is 6.20 Å². The highest BCUT2D eigenvalue weighted by atomic mass is 15.4. The second-order valence-corrected chi connectivity index (χ2v) is 2.95. The number of fused-ring (bicyclic) bond motifs is 1. The summed E-state index contributed by atoms with van der Waals surface area (Å²) in [6.45, 7) is 3.77. The summed E-state index contributed by atoms with van der Waals surface area (Å²) in [4.78, 5) is 2.14. The number of rotatable bonds is 2. The van der Waals surface area contributed by atoms with Crippen LogP contribution in [0.5, 0.6) is 0 Å². The Morgan fingerprint density at radius 1 is 1.62 bits per heavy atom. The van der Waals surface area contributed by atoms with Gasteiger partial charge in [0.25, 0.3) is 0 Å². The molecule has 0 aromatic rings. The summed E-state index contributed by atoms with van der Waals surface area (Å²) < 4.78 is 0. The maximum atomic E-state index is 3.77. The molecule has 13 heavy (non-hydrogen) atoms. The quantitative estimate of drug-likeness (QED) is 0.652. The number of hydrogen-bond donors (Lipinski definition) is 2. The summed E-state index contributed by atoms with van der Waals surface area (Å²) in [5, 5.41) is 6.47. The lowest BCUT2D eigenvalue weighted by Crippen LogP contribution is -2.44. The molecule has 1 unspecified atom stereocenters. The smallest absolute Gasteiger partial charge is 0.159 e. The van der Waals surface area contributed by atoms with Crippen molar-refractivity contribution in [3.05, 3.63) is 48.5 Å². The van der Waals surface area contributed by atoms with E-state index in [1.807, 2.05) is 31.5 Å². The second-order valence-electron chi connectivity index (χ2n) is 2.95. The summed E-state index contributed by atoms with van der Waals surface area (Å²) in [6.07, 6.45) is 10.1. The maximum Gasteiger partial charge on any atom is 0.159 e. The van der Waals surface area contributed by atoms with Gasteiger partial charge in [-0.05, 0) is 25.3 Å². The molecule has 3 nitrogen and oxygen atoms in total. The second kappa shape index (κ2) is 3.11. The van der Waals surface area contributed by atoms with E-state index in [9.17, 15) is 0 Å². The highest BCUT2D eigenvalue weighted by molar-refractivity contribution is 5.39. The summed E-state index contributed by atoms with van der Waals surface area (Å²) in [7, 11) is 1.92. The Kier molecular flexibility index (Phi) is 1.94. The van der Waals surface area contributed by atoms with Crippen LogP contribution in [0.3, 0.4) is 0 Å². The van der Waals surface area contributed by atoms with Crippen LogP contribution >= 0.6 is 0 Å². The van der Waals surface area contributed by atoms with Crippen LogP contribution in [0.15, 0.2) is 48.5 Å². The normalized spacial score (nSPS) is 24.7. The standard InChI is InChI=1S/C10H13N3/c1-3-8-9-6-4-5-7-13(9)10(11-2)12-8/h3-7,10-12H,1H2,2H3. The van der Waals surface area contributed by atoms with Gasteiger partial charge in [-0.15, -0.1) is 0 Å². The zero-order valence-electron chi connectivity index (χ0n) is 7.62. The summed E-state index contributed by atoms with van der Waals surface area (Å²) in [5.74, 6) is 0. The van der Waals surface area contributed by atoms with Crippen molar-refractivity contribution in [3.63, 3.8) is 0 Å². The maximum absolute atomic E-state index is 3.77. The number of nitrogens with one attached hydrogen (secondary N) is 2. The van der Waals surface area contributed by atoms with Gasteiger partial charge in [0.15, 0.2) is 6.29 Å². The Labute approximate surface area is 78.1 Å². The fourth-order valence-corrected chi connectivity index (χ4v) is 1.58. The topological polar surface area (TPSA) is 27.3 Å². The molecule has 1 atom stereocenters. The lowest BCUT2D eigenvalue weighted by Gasteiger charge is -2.24. The summed E-state index contributed by atoms with van der Waals surface area (Å²) >= 11 is 0. The van der Waals surface area contributed by atoms with Gasteiger partial charge in [0.2, 0.25) is 0 Å². The van der Waals surface area contributed by atoms with Crippen LogP contribution in [0, 0.1) is 0 Å². The SMILES string of the molecule is C=CC1=C2C=CC=CN2C(NC)N1. The van der Waals surface area contributed by atoms with Crippen LogP contribution in [0.4, 0.5) is 0 Å². The molecule has 2 heterocycles. The van der Waals surface area contributed by atoms with Crippen molar-refractivity contribution in [2.75, 3.05) is 7.05 Å². The molecule has 0 radical (unpaired) electrons. The van der Waals surface area contributed by atoms with E-state index >= 15 is 0 Å². The molecular weight excluding hydrogens is 162 g/mol. The molecule has 0 bridgehead atoms. The van der Waals surface area contributed by atoms with E-state index in [2.05, 4.69) is 28.2 Å². The molecule has 2 aliphatic rings. The van der Waals surface area contributed by atoms with Gasteiger partial charge in [-0.2, -0.15) is 0 Å². The first kappa shape index (κ1) is 8.13. The molecule has 0 aromatic heterocycles. The Morgan fingerprint density at radius 3 is 3.15 bits per heavy atom. The van der Waals surface area contributed by atoms with E-state index in [0.29, 0.717) is 0 Å². The molecular formula is C10H13N3. The molecule has 0 saturated heterocycles. The Morgan fingerprint density at radius 2 is 2.46 bits per heavy atom. The van der Waals surface area contributed by atoms with E-state index < -0.39 is 0 Å². The highest BCUT2D eigenvalue weighted by Crippen LogP contribution is 2.23. The number of nitrogens with zero attached hydrogens (tertiary/aromatic N) is 1. The first-order chi connectivity index (χ1) is 6.36. The Hall–Kier alpha value is -1.48. The van der Waals surface area contributed by atoms with Gasteiger partial charge >= 0.3 is 0 Å². The predicted molar refractivity (Wildman–Crippen MR) is 53.3 cm³/mol. The molecule has 68 valence electrons. The van der Waals surface area contributed by atoms with E-state index in [1.54, 1.807) is 0 Å². The first-order valence-corrected chi connectivity index (χ1v) is 4.30. The van der Waals surface area contributed by atoms with E-state index in [4.69, 9.17) is 0 Å². The van der Waals surface area contributed by atoms with Gasteiger partial charge in [0.05, 0.1) is 11.4 Å². The fourth-order valence-electron chi connectivity index (χ4n) is 1.58. The third kappa shape index (κ3) is 1.17. The largest absolute Gasteiger partial charge is 0.351 e. The average molecular weight is 175 g/mol. The van der Waals surface area contributed by atoms with Crippen LogP contribution < -0.4 is 10.6 Å². The van der Waals surface area contributed by atoms with Crippen LogP contribution in [-0.4, -0.2) is 18.2 Å². The minimum atomic E-state index is 0.143. The molecule has 0 spiro atoms. The highest BCUT2D eigenvalue weighted by Gasteiger charge is 2.26. The van der Waals surface area contributed by atoms with Crippen molar-refractivity contribution in [2.24, 2.45) is 0 Å². The molecule has 2 aliphatic heterocycles. The van der Waals surface area contributed by atoms with E-state index in [0.717, 1.165) is 11.4 Å². The minimum absolute atomic E-state index is 0.143. The fraction of sp³-hybridized carbons (Fsp3) is 0.200.